The zero-order valence-electron chi connectivity index (χ0n) is 15.5. The molecule has 1 atom stereocenters. The summed E-state index contributed by atoms with van der Waals surface area (Å²) in [6.07, 6.45) is -0.891. The predicted molar refractivity (Wildman–Crippen MR) is 95.8 cm³/mol. The number of pyridine rings is 1. The highest BCUT2D eigenvalue weighted by Crippen LogP contribution is 2.22. The van der Waals surface area contributed by atoms with Crippen LogP contribution in [0.2, 0.25) is 0 Å². The third kappa shape index (κ3) is 4.68. The van der Waals surface area contributed by atoms with E-state index in [1.54, 1.807) is 39.2 Å². The number of esters is 1. The van der Waals surface area contributed by atoms with Crippen LogP contribution in [0, 0.1) is 6.92 Å². The zero-order chi connectivity index (χ0) is 18.8. The Morgan fingerprint density at radius 1 is 1.20 bits per heavy atom. The van der Waals surface area contributed by atoms with Crippen molar-refractivity contribution >= 4 is 22.8 Å². The number of fused-ring (bicyclic) bond motifs is 1. The van der Waals surface area contributed by atoms with Crippen LogP contribution in [0.5, 0.6) is 5.75 Å². The highest BCUT2D eigenvalue weighted by molar-refractivity contribution is 5.96. The number of ether oxygens (including phenoxy) is 2. The first-order chi connectivity index (χ1) is 11.6. The maximum Gasteiger partial charge on any atom is 0.340 e. The van der Waals surface area contributed by atoms with Gasteiger partial charge in [-0.05, 0) is 52.8 Å². The summed E-state index contributed by atoms with van der Waals surface area (Å²) >= 11 is 0. The summed E-state index contributed by atoms with van der Waals surface area (Å²) in [7, 11) is 1.59. The molecule has 0 aliphatic heterocycles. The van der Waals surface area contributed by atoms with Crippen LogP contribution in [0.1, 0.15) is 43.7 Å². The van der Waals surface area contributed by atoms with Crippen LogP contribution < -0.4 is 10.1 Å². The van der Waals surface area contributed by atoms with Gasteiger partial charge in [-0.1, -0.05) is 0 Å². The maximum absolute atomic E-state index is 12.4. The van der Waals surface area contributed by atoms with Crippen molar-refractivity contribution in [3.05, 3.63) is 35.5 Å². The van der Waals surface area contributed by atoms with Crippen LogP contribution >= 0.6 is 0 Å². The molecule has 6 heteroatoms. The minimum Gasteiger partial charge on any atom is -0.497 e. The molecule has 1 aromatic heterocycles. The molecule has 1 aromatic carbocycles. The van der Waals surface area contributed by atoms with Crippen molar-refractivity contribution in [2.75, 3.05) is 7.11 Å². The largest absolute Gasteiger partial charge is 0.497 e. The number of methoxy groups -OCH3 is 1. The molecule has 2 aromatic rings. The van der Waals surface area contributed by atoms with Crippen LogP contribution in [0.15, 0.2) is 24.3 Å². The average Bonchev–Trinajstić information content (AvgIpc) is 2.51. The third-order valence-corrected chi connectivity index (χ3v) is 3.59. The van der Waals surface area contributed by atoms with E-state index in [9.17, 15) is 9.59 Å². The number of aryl methyl sites for hydroxylation is 1. The van der Waals surface area contributed by atoms with Gasteiger partial charge in [-0.2, -0.15) is 0 Å². The van der Waals surface area contributed by atoms with E-state index >= 15 is 0 Å². The molecule has 6 nitrogen and oxygen atoms in total. The van der Waals surface area contributed by atoms with Gasteiger partial charge < -0.3 is 14.8 Å². The number of nitrogens with one attached hydrogen (secondary N) is 1. The summed E-state index contributed by atoms with van der Waals surface area (Å²) in [5, 5.41) is 3.58. The van der Waals surface area contributed by atoms with E-state index in [-0.39, 0.29) is 5.91 Å². The second kappa shape index (κ2) is 7.09. The Morgan fingerprint density at radius 3 is 2.48 bits per heavy atom. The predicted octanol–water partition coefficient (Wildman–Crippen LogP) is 3.01. The monoisotopic (exact) mass is 344 g/mol. The average molecular weight is 344 g/mol. The summed E-state index contributed by atoms with van der Waals surface area (Å²) in [4.78, 5) is 29.0. The number of rotatable bonds is 4. The summed E-state index contributed by atoms with van der Waals surface area (Å²) in [6.45, 7) is 8.88. The highest BCUT2D eigenvalue weighted by atomic mass is 16.5. The number of benzene rings is 1. The molecule has 0 radical (unpaired) electrons. The molecule has 0 spiro atoms. The van der Waals surface area contributed by atoms with Gasteiger partial charge in [0.15, 0.2) is 6.10 Å². The van der Waals surface area contributed by atoms with E-state index in [1.165, 1.54) is 0 Å². The number of aromatic nitrogens is 1. The molecule has 0 aliphatic carbocycles. The molecule has 0 fully saturated rings. The van der Waals surface area contributed by atoms with E-state index in [0.717, 1.165) is 10.9 Å². The molecule has 0 unspecified atom stereocenters. The molecule has 0 saturated carbocycles. The standard InChI is InChI=1S/C19H24N2O4/c1-11-15(9-13-7-8-14(24-6)10-16(13)20-11)18(23)25-12(2)17(22)21-19(3,4)5/h7-10,12H,1-6H3,(H,21,22)/t12-/m0/s1. The van der Waals surface area contributed by atoms with Gasteiger partial charge >= 0.3 is 5.97 Å². The smallest absolute Gasteiger partial charge is 0.340 e. The second-order valence-corrected chi connectivity index (χ2v) is 6.97. The van der Waals surface area contributed by atoms with Gasteiger partial charge in [0.05, 0.1) is 23.9 Å². The lowest BCUT2D eigenvalue weighted by atomic mass is 10.1. The van der Waals surface area contributed by atoms with Gasteiger partial charge in [-0.15, -0.1) is 0 Å². The molecule has 0 bridgehead atoms. The molecule has 1 heterocycles. The van der Waals surface area contributed by atoms with Crippen molar-refractivity contribution in [2.24, 2.45) is 0 Å². The van der Waals surface area contributed by atoms with E-state index in [4.69, 9.17) is 9.47 Å². The third-order valence-electron chi connectivity index (χ3n) is 3.59. The van der Waals surface area contributed by atoms with Gasteiger partial charge in [0, 0.05) is 17.0 Å². The van der Waals surface area contributed by atoms with Crippen LogP contribution in [-0.4, -0.2) is 35.6 Å². The molecular formula is C19H24N2O4. The van der Waals surface area contributed by atoms with E-state index < -0.39 is 17.6 Å². The van der Waals surface area contributed by atoms with Crippen LogP contribution in [0.4, 0.5) is 0 Å². The van der Waals surface area contributed by atoms with Crippen molar-refractivity contribution in [3.8, 4) is 5.75 Å². The lowest BCUT2D eigenvalue weighted by Crippen LogP contribution is -2.46. The van der Waals surface area contributed by atoms with E-state index in [2.05, 4.69) is 10.3 Å². The van der Waals surface area contributed by atoms with Crippen molar-refractivity contribution in [3.63, 3.8) is 0 Å². The number of amides is 1. The maximum atomic E-state index is 12.4. The quantitative estimate of drug-likeness (QED) is 0.863. The van der Waals surface area contributed by atoms with Crippen LogP contribution in [-0.2, 0) is 9.53 Å². The summed E-state index contributed by atoms with van der Waals surface area (Å²) in [5.74, 6) is -0.210. The van der Waals surface area contributed by atoms with E-state index in [1.807, 2.05) is 26.8 Å². The Morgan fingerprint density at radius 2 is 1.88 bits per heavy atom. The fourth-order valence-electron chi connectivity index (χ4n) is 2.33. The topological polar surface area (TPSA) is 77.5 Å². The molecule has 0 aliphatic rings. The van der Waals surface area contributed by atoms with Gasteiger partial charge in [0.2, 0.25) is 0 Å². The zero-order valence-corrected chi connectivity index (χ0v) is 15.5. The second-order valence-electron chi connectivity index (χ2n) is 6.97. The molecular weight excluding hydrogens is 320 g/mol. The van der Waals surface area contributed by atoms with Crippen LogP contribution in [0.3, 0.4) is 0 Å². The van der Waals surface area contributed by atoms with Crippen LogP contribution in [0.25, 0.3) is 10.9 Å². The highest BCUT2D eigenvalue weighted by Gasteiger charge is 2.24. The van der Waals surface area contributed by atoms with Crippen molar-refractivity contribution in [1.29, 1.82) is 0 Å². The number of carbonyl (C=O) groups is 2. The van der Waals surface area contributed by atoms with Crippen molar-refractivity contribution in [1.82, 2.24) is 10.3 Å². The van der Waals surface area contributed by atoms with Gasteiger partial charge in [-0.3, -0.25) is 9.78 Å². The van der Waals surface area contributed by atoms with Crippen molar-refractivity contribution in [2.45, 2.75) is 46.3 Å². The van der Waals surface area contributed by atoms with Gasteiger partial charge in [0.25, 0.3) is 5.91 Å². The molecule has 25 heavy (non-hydrogen) atoms. The van der Waals surface area contributed by atoms with Crippen molar-refractivity contribution < 1.29 is 19.1 Å². The molecule has 2 rings (SSSR count). The number of hydrogen-bond acceptors (Lipinski definition) is 5. The van der Waals surface area contributed by atoms with E-state index in [0.29, 0.717) is 17.0 Å². The van der Waals surface area contributed by atoms with Gasteiger partial charge in [0.1, 0.15) is 5.75 Å². The fraction of sp³-hybridized carbons (Fsp3) is 0.421. The Labute approximate surface area is 147 Å². The summed E-state index contributed by atoms with van der Waals surface area (Å²) < 4.78 is 10.5. The first-order valence-electron chi connectivity index (χ1n) is 8.09. The Bertz CT molecular complexity index is 809. The molecule has 1 amide bonds. The minimum absolute atomic E-state index is 0.336. The first-order valence-corrected chi connectivity index (χ1v) is 8.09. The fourth-order valence-corrected chi connectivity index (χ4v) is 2.33. The Hall–Kier alpha value is -2.63. The first kappa shape index (κ1) is 18.7. The summed E-state index contributed by atoms with van der Waals surface area (Å²) in [6, 6.07) is 7.14. The summed E-state index contributed by atoms with van der Waals surface area (Å²) in [5.41, 5.74) is 1.21. The number of hydrogen-bond donors (Lipinski definition) is 1. The lowest BCUT2D eigenvalue weighted by Gasteiger charge is -2.23. The Balaban J connectivity index is 2.21. The molecule has 1 N–H and O–H groups in total. The lowest BCUT2D eigenvalue weighted by molar-refractivity contribution is -0.130. The Kier molecular flexibility index (Phi) is 5.30. The van der Waals surface area contributed by atoms with Gasteiger partial charge in [-0.25, -0.2) is 4.79 Å². The SMILES string of the molecule is COc1ccc2cc(C(=O)O[C@@H](C)C(=O)NC(C)(C)C)c(C)nc2c1. The number of nitrogens with zero attached hydrogens (tertiary/aromatic N) is 1. The minimum atomic E-state index is -0.891. The normalized spacial score (nSPS) is 12.6. The molecule has 0 saturated heterocycles. The number of carbonyl (C=O) groups excluding carboxylic acids is 2. The molecule has 134 valence electrons.